The summed E-state index contributed by atoms with van der Waals surface area (Å²) in [6, 6.07) is 14.0. The van der Waals surface area contributed by atoms with Gasteiger partial charge in [-0.1, -0.05) is 41.7 Å². The smallest absolute Gasteiger partial charge is 0.229 e. The van der Waals surface area contributed by atoms with Crippen LogP contribution in [-0.4, -0.2) is 47.1 Å². The minimum Gasteiger partial charge on any atom is -0.378 e. The second-order valence-electron chi connectivity index (χ2n) is 7.27. The summed E-state index contributed by atoms with van der Waals surface area (Å²) in [5.41, 5.74) is 4.08. The van der Waals surface area contributed by atoms with Crippen LogP contribution in [0.5, 0.6) is 0 Å². The predicted molar refractivity (Wildman–Crippen MR) is 113 cm³/mol. The van der Waals surface area contributed by atoms with Gasteiger partial charge in [-0.05, 0) is 17.7 Å². The Balaban J connectivity index is 1.47. The van der Waals surface area contributed by atoms with Crippen LogP contribution < -0.4 is 4.90 Å². The number of carbonyl (C=O) groups excluding carboxylic acids is 1. The minimum absolute atomic E-state index is 0.0904. The SMILES string of the molecule is O=C(Cc1ccccn1)N1Cc2ccccc2-c2nc(N3CCOCC3)sc2C1. The summed E-state index contributed by atoms with van der Waals surface area (Å²) in [4.78, 5) is 27.8. The largest absolute Gasteiger partial charge is 0.378 e. The molecule has 0 spiro atoms. The maximum Gasteiger partial charge on any atom is 0.229 e. The van der Waals surface area contributed by atoms with Crippen LogP contribution in [0.2, 0.25) is 0 Å². The molecule has 2 aliphatic rings. The van der Waals surface area contributed by atoms with E-state index in [0.29, 0.717) is 19.5 Å². The molecule has 1 amide bonds. The number of pyridine rings is 1. The fourth-order valence-electron chi connectivity index (χ4n) is 3.82. The number of fused-ring (bicyclic) bond motifs is 3. The Hall–Kier alpha value is -2.77. The second kappa shape index (κ2) is 7.93. The van der Waals surface area contributed by atoms with Gasteiger partial charge in [0.25, 0.3) is 0 Å². The summed E-state index contributed by atoms with van der Waals surface area (Å²) >= 11 is 1.70. The number of benzene rings is 1. The molecule has 1 saturated heterocycles. The molecular formula is C22H22N4O2S. The number of rotatable bonds is 3. The van der Waals surface area contributed by atoms with Crippen molar-refractivity contribution in [2.24, 2.45) is 0 Å². The third-order valence-electron chi connectivity index (χ3n) is 5.35. The first-order valence-corrected chi connectivity index (χ1v) is 10.7. The number of anilines is 1. The van der Waals surface area contributed by atoms with Gasteiger partial charge in [0.2, 0.25) is 5.91 Å². The molecule has 2 aromatic heterocycles. The fraction of sp³-hybridized carbons (Fsp3) is 0.318. The van der Waals surface area contributed by atoms with E-state index in [1.54, 1.807) is 17.5 Å². The lowest BCUT2D eigenvalue weighted by Gasteiger charge is -2.26. The Bertz CT molecular complexity index is 1010. The second-order valence-corrected chi connectivity index (χ2v) is 8.33. The van der Waals surface area contributed by atoms with Gasteiger partial charge in [-0.2, -0.15) is 0 Å². The molecule has 6 nitrogen and oxygen atoms in total. The molecule has 0 atom stereocenters. The number of morpholine rings is 1. The van der Waals surface area contributed by atoms with Crippen molar-refractivity contribution in [3.63, 3.8) is 0 Å². The number of thiazole rings is 1. The molecule has 0 radical (unpaired) electrons. The number of hydrogen-bond acceptors (Lipinski definition) is 6. The third-order valence-corrected chi connectivity index (χ3v) is 6.45. The van der Waals surface area contributed by atoms with E-state index in [-0.39, 0.29) is 5.91 Å². The van der Waals surface area contributed by atoms with E-state index in [2.05, 4.69) is 22.0 Å². The van der Waals surface area contributed by atoms with Crippen molar-refractivity contribution in [2.75, 3.05) is 31.2 Å². The van der Waals surface area contributed by atoms with E-state index in [9.17, 15) is 4.79 Å². The van der Waals surface area contributed by atoms with Crippen LogP contribution in [0.1, 0.15) is 16.1 Å². The van der Waals surface area contributed by atoms with Gasteiger partial charge < -0.3 is 14.5 Å². The van der Waals surface area contributed by atoms with Crippen LogP contribution in [-0.2, 0) is 29.0 Å². The predicted octanol–water partition coefficient (Wildman–Crippen LogP) is 3.13. The normalized spacial score (nSPS) is 16.1. The molecule has 0 aliphatic carbocycles. The zero-order chi connectivity index (χ0) is 19.6. The van der Waals surface area contributed by atoms with E-state index in [4.69, 9.17) is 9.72 Å². The molecule has 1 fully saturated rings. The van der Waals surface area contributed by atoms with Gasteiger partial charge in [-0.25, -0.2) is 4.98 Å². The Morgan fingerprint density at radius 1 is 1.07 bits per heavy atom. The molecule has 148 valence electrons. The van der Waals surface area contributed by atoms with Gasteiger partial charge in [-0.3, -0.25) is 9.78 Å². The molecule has 0 bridgehead atoms. The van der Waals surface area contributed by atoms with E-state index in [0.717, 1.165) is 58.8 Å². The first-order chi connectivity index (χ1) is 14.3. The number of amides is 1. The van der Waals surface area contributed by atoms with Crippen molar-refractivity contribution in [3.8, 4) is 11.3 Å². The number of hydrogen-bond donors (Lipinski definition) is 0. The quantitative estimate of drug-likeness (QED) is 0.669. The summed E-state index contributed by atoms with van der Waals surface area (Å²) in [6.45, 7) is 4.35. The first-order valence-electron chi connectivity index (χ1n) is 9.86. The molecule has 0 unspecified atom stereocenters. The fourth-order valence-corrected chi connectivity index (χ4v) is 4.96. The molecule has 4 heterocycles. The van der Waals surface area contributed by atoms with Crippen LogP contribution in [0.25, 0.3) is 11.3 Å². The lowest BCUT2D eigenvalue weighted by molar-refractivity contribution is -0.131. The number of carbonyl (C=O) groups is 1. The van der Waals surface area contributed by atoms with E-state index >= 15 is 0 Å². The van der Waals surface area contributed by atoms with Crippen LogP contribution in [0.3, 0.4) is 0 Å². The van der Waals surface area contributed by atoms with E-state index < -0.39 is 0 Å². The van der Waals surface area contributed by atoms with Crippen molar-refractivity contribution < 1.29 is 9.53 Å². The molecule has 1 aromatic carbocycles. The molecule has 29 heavy (non-hydrogen) atoms. The van der Waals surface area contributed by atoms with Crippen LogP contribution in [0, 0.1) is 0 Å². The first kappa shape index (κ1) is 18.3. The standard InChI is InChI=1S/C22H22N4O2S/c27-20(13-17-6-3-4-8-23-17)26-14-16-5-1-2-7-18(16)21-19(15-26)29-22(24-21)25-9-11-28-12-10-25/h1-8H,9-15H2. The lowest BCUT2D eigenvalue weighted by atomic mass is 10.0. The van der Waals surface area contributed by atoms with Crippen molar-refractivity contribution in [1.82, 2.24) is 14.9 Å². The van der Waals surface area contributed by atoms with Gasteiger partial charge in [0, 0.05) is 37.1 Å². The van der Waals surface area contributed by atoms with Gasteiger partial charge >= 0.3 is 0 Å². The van der Waals surface area contributed by atoms with Crippen LogP contribution in [0.4, 0.5) is 5.13 Å². The molecule has 2 aliphatic heterocycles. The molecular weight excluding hydrogens is 384 g/mol. The van der Waals surface area contributed by atoms with Crippen molar-refractivity contribution in [1.29, 1.82) is 0 Å². The Morgan fingerprint density at radius 3 is 2.72 bits per heavy atom. The Morgan fingerprint density at radius 2 is 1.90 bits per heavy atom. The van der Waals surface area contributed by atoms with Crippen molar-refractivity contribution >= 4 is 22.4 Å². The minimum atomic E-state index is 0.0904. The summed E-state index contributed by atoms with van der Waals surface area (Å²) in [7, 11) is 0. The zero-order valence-corrected chi connectivity index (χ0v) is 16.9. The maximum atomic E-state index is 13.1. The van der Waals surface area contributed by atoms with Gasteiger partial charge in [0.1, 0.15) is 0 Å². The summed E-state index contributed by atoms with van der Waals surface area (Å²) in [5.74, 6) is 0.0904. The van der Waals surface area contributed by atoms with Crippen LogP contribution in [0.15, 0.2) is 48.7 Å². The monoisotopic (exact) mass is 406 g/mol. The number of aromatic nitrogens is 2. The van der Waals surface area contributed by atoms with Crippen molar-refractivity contribution in [2.45, 2.75) is 19.5 Å². The van der Waals surface area contributed by atoms with Gasteiger partial charge in [0.05, 0.1) is 36.8 Å². The number of nitrogens with zero attached hydrogens (tertiary/aromatic N) is 4. The third kappa shape index (κ3) is 3.75. The molecule has 3 aromatic rings. The molecule has 7 heteroatoms. The van der Waals surface area contributed by atoms with Gasteiger partial charge in [0.15, 0.2) is 5.13 Å². The molecule has 5 rings (SSSR count). The molecule has 0 saturated carbocycles. The Labute approximate surface area is 173 Å². The average molecular weight is 407 g/mol. The lowest BCUT2D eigenvalue weighted by Crippen LogP contribution is -2.36. The summed E-state index contributed by atoms with van der Waals surface area (Å²) < 4.78 is 5.48. The maximum absolute atomic E-state index is 13.1. The highest BCUT2D eigenvalue weighted by molar-refractivity contribution is 7.16. The van der Waals surface area contributed by atoms with E-state index in [1.165, 1.54) is 0 Å². The van der Waals surface area contributed by atoms with Gasteiger partial charge in [-0.15, -0.1) is 0 Å². The topological polar surface area (TPSA) is 58.6 Å². The average Bonchev–Trinajstić information content (AvgIpc) is 3.12. The zero-order valence-electron chi connectivity index (χ0n) is 16.1. The highest BCUT2D eigenvalue weighted by atomic mass is 32.1. The van der Waals surface area contributed by atoms with E-state index in [1.807, 2.05) is 35.2 Å². The highest BCUT2D eigenvalue weighted by Crippen LogP contribution is 2.38. The Kier molecular flexibility index (Phi) is 4.99. The van der Waals surface area contributed by atoms with Crippen LogP contribution >= 0.6 is 11.3 Å². The molecule has 0 N–H and O–H groups in total. The summed E-state index contributed by atoms with van der Waals surface area (Å²) in [6.07, 6.45) is 2.05. The highest BCUT2D eigenvalue weighted by Gasteiger charge is 2.27. The summed E-state index contributed by atoms with van der Waals surface area (Å²) in [5, 5.41) is 1.02. The van der Waals surface area contributed by atoms with Crippen molar-refractivity contribution in [3.05, 3.63) is 64.8 Å². The number of ether oxygens (including phenoxy) is 1.